The van der Waals surface area contributed by atoms with Gasteiger partial charge in [0.25, 0.3) is 0 Å². The molecule has 0 aliphatic rings. The lowest BCUT2D eigenvalue weighted by atomic mass is 10.1. The fourth-order valence-electron chi connectivity index (χ4n) is 2.62. The van der Waals surface area contributed by atoms with E-state index in [1.54, 1.807) is 18.2 Å². The molecule has 0 aliphatic heterocycles. The minimum absolute atomic E-state index is 0.267. The van der Waals surface area contributed by atoms with Gasteiger partial charge in [-0.3, -0.25) is 10.9 Å². The molecule has 0 bridgehead atoms. The lowest BCUT2D eigenvalue weighted by Crippen LogP contribution is -2.34. The maximum absolute atomic E-state index is 13.5. The Labute approximate surface area is 166 Å². The average Bonchev–Trinajstić information content (AvgIpc) is 2.59. The predicted molar refractivity (Wildman–Crippen MR) is 103 cm³/mol. The Morgan fingerprint density at radius 2 is 1.69 bits per heavy atom. The summed E-state index contributed by atoms with van der Waals surface area (Å²) in [6.07, 6.45) is -4.28. The molecular formula is C18H20F3N3O4S. The number of alkyl halides is 3. The number of halogens is 3. The number of nitrogens with one attached hydrogen (secondary N) is 3. The number of hydrazine groups is 1. The Hall–Kier alpha value is -2.95. The van der Waals surface area contributed by atoms with Crippen molar-refractivity contribution in [3.63, 3.8) is 0 Å². The van der Waals surface area contributed by atoms with Crippen LogP contribution in [0, 0.1) is 13.8 Å². The molecule has 2 rings (SSSR count). The molecule has 0 heterocycles. The summed E-state index contributed by atoms with van der Waals surface area (Å²) in [6, 6.07) is 6.10. The molecule has 3 N–H and O–H groups in total. The number of amides is 2. The quantitative estimate of drug-likeness (QED) is 0.625. The van der Waals surface area contributed by atoms with Crippen LogP contribution in [0.5, 0.6) is 5.75 Å². The van der Waals surface area contributed by atoms with Crippen LogP contribution in [-0.4, -0.2) is 27.8 Å². The van der Waals surface area contributed by atoms with E-state index in [0.29, 0.717) is 17.7 Å². The predicted octanol–water partition coefficient (Wildman–Crippen LogP) is 3.88. The molecule has 158 valence electrons. The molecule has 0 atom stereocenters. The van der Waals surface area contributed by atoms with Crippen LogP contribution in [0.15, 0.2) is 35.2 Å². The third kappa shape index (κ3) is 5.53. The molecule has 0 fully saturated rings. The first-order valence-corrected chi connectivity index (χ1v) is 10.1. The van der Waals surface area contributed by atoms with E-state index >= 15 is 0 Å². The van der Waals surface area contributed by atoms with E-state index in [2.05, 4.69) is 16.2 Å². The highest BCUT2D eigenvalue weighted by atomic mass is 32.2. The molecule has 0 saturated carbocycles. The molecule has 29 heavy (non-hydrogen) atoms. The van der Waals surface area contributed by atoms with Crippen LogP contribution in [0.4, 0.5) is 29.3 Å². The Kier molecular flexibility index (Phi) is 6.31. The number of carbonyl (C=O) groups excluding carboxylic acids is 1. The summed E-state index contributed by atoms with van der Waals surface area (Å²) in [5.41, 5.74) is 3.70. The molecule has 0 saturated heterocycles. The van der Waals surface area contributed by atoms with Crippen molar-refractivity contribution in [1.82, 2.24) is 5.43 Å². The second-order valence-corrected chi connectivity index (χ2v) is 8.35. The van der Waals surface area contributed by atoms with Gasteiger partial charge in [0.1, 0.15) is 5.75 Å². The first-order valence-electron chi connectivity index (χ1n) is 8.22. The van der Waals surface area contributed by atoms with E-state index in [9.17, 15) is 26.4 Å². The third-order valence-corrected chi connectivity index (χ3v) is 4.97. The van der Waals surface area contributed by atoms with Crippen molar-refractivity contribution in [2.24, 2.45) is 0 Å². The van der Waals surface area contributed by atoms with Crippen LogP contribution in [0.25, 0.3) is 0 Å². The summed E-state index contributed by atoms with van der Waals surface area (Å²) in [4.78, 5) is 11.2. The first kappa shape index (κ1) is 22.3. The number of hydrogen-bond acceptors (Lipinski definition) is 5. The van der Waals surface area contributed by atoms with Crippen molar-refractivity contribution >= 4 is 27.2 Å². The number of urea groups is 1. The van der Waals surface area contributed by atoms with Gasteiger partial charge in [0.05, 0.1) is 28.9 Å². The van der Waals surface area contributed by atoms with Crippen molar-refractivity contribution in [2.75, 3.05) is 24.1 Å². The van der Waals surface area contributed by atoms with Gasteiger partial charge >= 0.3 is 12.2 Å². The maximum Gasteiger partial charge on any atom is 0.419 e. The van der Waals surface area contributed by atoms with Crippen LogP contribution in [-0.2, 0) is 16.0 Å². The number of benzene rings is 2. The number of sulfone groups is 1. The fourth-order valence-corrected chi connectivity index (χ4v) is 3.61. The van der Waals surface area contributed by atoms with Gasteiger partial charge in [0.2, 0.25) is 0 Å². The van der Waals surface area contributed by atoms with Gasteiger partial charge in [-0.25, -0.2) is 13.2 Å². The number of aryl methyl sites for hydroxylation is 2. The minimum Gasteiger partial charge on any atom is -0.495 e. The molecule has 11 heteroatoms. The molecule has 0 radical (unpaired) electrons. The Bertz CT molecular complexity index is 1040. The Morgan fingerprint density at radius 3 is 2.24 bits per heavy atom. The van der Waals surface area contributed by atoms with E-state index in [0.717, 1.165) is 17.7 Å². The van der Waals surface area contributed by atoms with Crippen molar-refractivity contribution in [2.45, 2.75) is 24.9 Å². The lowest BCUT2D eigenvalue weighted by Gasteiger charge is -2.19. The Morgan fingerprint density at radius 1 is 1.03 bits per heavy atom. The molecule has 2 aromatic rings. The molecule has 0 spiro atoms. The summed E-state index contributed by atoms with van der Waals surface area (Å²) >= 11 is 0. The topological polar surface area (TPSA) is 96.5 Å². The van der Waals surface area contributed by atoms with Gasteiger partial charge in [-0.2, -0.15) is 13.2 Å². The van der Waals surface area contributed by atoms with Crippen LogP contribution in [0.3, 0.4) is 0 Å². The zero-order chi connectivity index (χ0) is 22.0. The summed E-state index contributed by atoms with van der Waals surface area (Å²) in [6.45, 7) is 3.26. The highest BCUT2D eigenvalue weighted by Gasteiger charge is 2.39. The van der Waals surface area contributed by atoms with Gasteiger partial charge in [0, 0.05) is 6.26 Å². The molecule has 0 aromatic heterocycles. The fraction of sp³-hybridized carbons (Fsp3) is 0.278. The van der Waals surface area contributed by atoms with Gasteiger partial charge in [0.15, 0.2) is 9.84 Å². The second kappa shape index (κ2) is 8.19. The SMILES string of the molecule is COc1cc(C)ccc1NC(=O)NNc1cc(C)cc(S(C)(=O)=O)c1C(F)(F)F. The van der Waals surface area contributed by atoms with E-state index in [-0.39, 0.29) is 5.56 Å². The molecule has 0 unspecified atom stereocenters. The number of ether oxygens (including phenoxy) is 1. The smallest absolute Gasteiger partial charge is 0.419 e. The third-order valence-electron chi connectivity index (χ3n) is 3.85. The van der Waals surface area contributed by atoms with Gasteiger partial charge < -0.3 is 10.1 Å². The van der Waals surface area contributed by atoms with Crippen molar-refractivity contribution in [3.05, 3.63) is 47.0 Å². The van der Waals surface area contributed by atoms with Crippen LogP contribution in [0.1, 0.15) is 16.7 Å². The molecule has 2 amide bonds. The van der Waals surface area contributed by atoms with Crippen LogP contribution in [0.2, 0.25) is 0 Å². The van der Waals surface area contributed by atoms with Crippen molar-refractivity contribution in [1.29, 1.82) is 0 Å². The first-order chi connectivity index (χ1) is 13.3. The molecular weight excluding hydrogens is 411 g/mol. The number of methoxy groups -OCH3 is 1. The van der Waals surface area contributed by atoms with Crippen molar-refractivity contribution < 1.29 is 31.1 Å². The van der Waals surface area contributed by atoms with Crippen LogP contribution >= 0.6 is 0 Å². The van der Waals surface area contributed by atoms with E-state index in [1.807, 2.05) is 6.92 Å². The summed E-state index contributed by atoms with van der Waals surface area (Å²) in [5, 5.41) is 2.44. The summed E-state index contributed by atoms with van der Waals surface area (Å²) < 4.78 is 69.4. The lowest BCUT2D eigenvalue weighted by molar-refractivity contribution is -0.139. The van der Waals surface area contributed by atoms with Crippen LogP contribution < -0.4 is 20.9 Å². The van der Waals surface area contributed by atoms with Gasteiger partial charge in [-0.05, 0) is 49.2 Å². The number of anilines is 2. The Balaban J connectivity index is 2.31. The average molecular weight is 431 g/mol. The van der Waals surface area contributed by atoms with E-state index in [4.69, 9.17) is 4.74 Å². The zero-order valence-corrected chi connectivity index (χ0v) is 16.9. The number of hydrogen-bond donors (Lipinski definition) is 3. The highest BCUT2D eigenvalue weighted by molar-refractivity contribution is 7.90. The van der Waals surface area contributed by atoms with E-state index in [1.165, 1.54) is 14.0 Å². The normalized spacial score (nSPS) is 11.7. The molecule has 2 aromatic carbocycles. The van der Waals surface area contributed by atoms with Crippen molar-refractivity contribution in [3.8, 4) is 5.75 Å². The minimum atomic E-state index is -4.97. The standard InChI is InChI=1S/C18H20F3N3O4S/c1-10-5-6-12(14(8-10)28-3)22-17(25)24-23-13-7-11(2)9-15(29(4,26)27)16(13)18(19,20)21/h5-9,23H,1-4H3,(H2,22,24,25). The summed E-state index contributed by atoms with van der Waals surface area (Å²) in [5.74, 6) is 0.367. The highest BCUT2D eigenvalue weighted by Crippen LogP contribution is 2.40. The van der Waals surface area contributed by atoms with E-state index < -0.39 is 38.2 Å². The maximum atomic E-state index is 13.5. The number of carbonyl (C=O) groups is 1. The number of rotatable bonds is 5. The summed E-state index contributed by atoms with van der Waals surface area (Å²) in [7, 11) is -2.76. The molecule has 7 nitrogen and oxygen atoms in total. The monoisotopic (exact) mass is 431 g/mol. The zero-order valence-electron chi connectivity index (χ0n) is 16.1. The van der Waals surface area contributed by atoms with Gasteiger partial charge in [-0.1, -0.05) is 6.07 Å². The largest absolute Gasteiger partial charge is 0.495 e. The molecule has 0 aliphatic carbocycles. The second-order valence-electron chi connectivity index (χ2n) is 6.36. The van der Waals surface area contributed by atoms with Gasteiger partial charge in [-0.15, -0.1) is 0 Å².